The van der Waals surface area contributed by atoms with Gasteiger partial charge in [0.05, 0.1) is 19.3 Å². The van der Waals surface area contributed by atoms with E-state index in [9.17, 15) is 4.57 Å². The van der Waals surface area contributed by atoms with E-state index >= 15 is 0 Å². The Kier molecular flexibility index (Phi) is 7.16. The Bertz CT molecular complexity index is 293. The van der Waals surface area contributed by atoms with Crippen LogP contribution in [0.25, 0.3) is 0 Å². The van der Waals surface area contributed by atoms with E-state index in [0.717, 1.165) is 25.7 Å². The fourth-order valence-corrected chi connectivity index (χ4v) is 3.58. The summed E-state index contributed by atoms with van der Waals surface area (Å²) in [7, 11) is -3.39. The minimum atomic E-state index is -3.39. The molecule has 0 aromatic heterocycles. The Hall–Kier alpha value is -0.150. The van der Waals surface area contributed by atoms with Crippen molar-refractivity contribution in [1.29, 1.82) is 0 Å². The van der Waals surface area contributed by atoms with Crippen molar-refractivity contribution in [3.05, 3.63) is 12.2 Å². The minimum Gasteiger partial charge on any atom is -0.287 e. The van der Waals surface area contributed by atoms with E-state index in [4.69, 9.17) is 13.6 Å². The lowest BCUT2D eigenvalue weighted by Crippen LogP contribution is -2.21. The highest BCUT2D eigenvalue weighted by molar-refractivity contribution is 7.48. The van der Waals surface area contributed by atoms with Crippen LogP contribution in [0.1, 0.15) is 46.5 Å². The van der Waals surface area contributed by atoms with Crippen LogP contribution in [0, 0.1) is 5.92 Å². The first kappa shape index (κ1) is 15.9. The molecule has 106 valence electrons. The Morgan fingerprint density at radius 2 is 1.89 bits per heavy atom. The highest BCUT2D eigenvalue weighted by atomic mass is 31.2. The summed E-state index contributed by atoms with van der Waals surface area (Å²) in [5.74, 6) is 0.293. The smallest absolute Gasteiger partial charge is 0.287 e. The van der Waals surface area contributed by atoms with E-state index in [2.05, 4.69) is 19.1 Å². The molecule has 0 N–H and O–H groups in total. The first-order chi connectivity index (χ1) is 8.65. The number of allylic oxidation sites excluding steroid dienone is 1. The van der Waals surface area contributed by atoms with Crippen LogP contribution in [0.5, 0.6) is 0 Å². The van der Waals surface area contributed by atoms with E-state index < -0.39 is 7.82 Å². The Balaban J connectivity index is 2.71. The van der Waals surface area contributed by atoms with Gasteiger partial charge in [0.25, 0.3) is 0 Å². The summed E-state index contributed by atoms with van der Waals surface area (Å²) >= 11 is 0. The van der Waals surface area contributed by atoms with Crippen LogP contribution in [0.15, 0.2) is 12.2 Å². The predicted molar refractivity (Wildman–Crippen MR) is 72.5 cm³/mol. The molecule has 2 atom stereocenters. The van der Waals surface area contributed by atoms with Crippen LogP contribution in [-0.4, -0.2) is 19.3 Å². The normalized spacial score (nSPS) is 25.1. The maximum atomic E-state index is 12.4. The molecule has 5 heteroatoms. The zero-order valence-electron chi connectivity index (χ0n) is 11.6. The van der Waals surface area contributed by atoms with E-state index in [1.165, 1.54) is 0 Å². The van der Waals surface area contributed by atoms with Crippen LogP contribution in [0.3, 0.4) is 0 Å². The lowest BCUT2D eigenvalue weighted by Gasteiger charge is -2.26. The van der Waals surface area contributed by atoms with Gasteiger partial charge in [-0.25, -0.2) is 4.57 Å². The molecule has 0 fully saturated rings. The van der Waals surface area contributed by atoms with Gasteiger partial charge in [-0.2, -0.15) is 0 Å². The molecule has 0 spiro atoms. The highest BCUT2D eigenvalue weighted by Gasteiger charge is 2.33. The molecule has 4 nitrogen and oxygen atoms in total. The zero-order valence-corrected chi connectivity index (χ0v) is 12.5. The first-order valence-electron chi connectivity index (χ1n) is 6.89. The summed E-state index contributed by atoms with van der Waals surface area (Å²) in [4.78, 5) is 0. The highest BCUT2D eigenvalue weighted by Crippen LogP contribution is 2.52. The van der Waals surface area contributed by atoms with Crippen molar-refractivity contribution in [2.24, 2.45) is 5.92 Å². The third-order valence-electron chi connectivity index (χ3n) is 3.03. The van der Waals surface area contributed by atoms with Crippen molar-refractivity contribution in [3.8, 4) is 0 Å². The largest absolute Gasteiger partial charge is 0.475 e. The maximum Gasteiger partial charge on any atom is 0.475 e. The summed E-state index contributed by atoms with van der Waals surface area (Å²) in [5, 5.41) is 0. The lowest BCUT2D eigenvalue weighted by molar-refractivity contribution is 0.0601. The molecule has 0 aromatic carbocycles. The second-order valence-electron chi connectivity index (χ2n) is 4.36. The van der Waals surface area contributed by atoms with Crippen LogP contribution in [0.2, 0.25) is 0 Å². The average Bonchev–Trinajstić information content (AvgIpc) is 2.54. The number of phosphoric ester groups is 1. The monoisotopic (exact) mass is 276 g/mol. The SMILES string of the molecule is CCOP(=O)(OCC)O[C@H]1CCCC=C[C@H]1CC. The van der Waals surface area contributed by atoms with E-state index in [-0.39, 0.29) is 6.10 Å². The van der Waals surface area contributed by atoms with Crippen molar-refractivity contribution in [2.75, 3.05) is 13.2 Å². The zero-order chi connectivity index (χ0) is 13.4. The fraction of sp³-hybridized carbons (Fsp3) is 0.846. The Labute approximate surface area is 110 Å². The maximum absolute atomic E-state index is 12.4. The van der Waals surface area contributed by atoms with Gasteiger partial charge in [-0.1, -0.05) is 19.1 Å². The standard InChI is InChI=1S/C13H25O4P/c1-4-12-10-8-7-9-11-13(12)17-18(14,15-5-2)16-6-3/h8,10,12-13H,4-7,9,11H2,1-3H3/t12-,13+/m1/s1. The van der Waals surface area contributed by atoms with Gasteiger partial charge in [0.1, 0.15) is 0 Å². The molecule has 0 saturated carbocycles. The van der Waals surface area contributed by atoms with Crippen LogP contribution in [-0.2, 0) is 18.1 Å². The molecule has 1 rings (SSSR count). The molecule has 1 aliphatic rings. The van der Waals surface area contributed by atoms with Crippen molar-refractivity contribution in [1.82, 2.24) is 0 Å². The molecular formula is C13H25O4P. The molecule has 0 bridgehead atoms. The molecular weight excluding hydrogens is 251 g/mol. The molecule has 0 aliphatic heterocycles. The van der Waals surface area contributed by atoms with Crippen molar-refractivity contribution >= 4 is 7.82 Å². The third-order valence-corrected chi connectivity index (χ3v) is 4.71. The van der Waals surface area contributed by atoms with Crippen molar-refractivity contribution < 1.29 is 18.1 Å². The van der Waals surface area contributed by atoms with Gasteiger partial charge in [-0.15, -0.1) is 0 Å². The summed E-state index contributed by atoms with van der Waals surface area (Å²) in [6.45, 7) is 6.36. The quantitative estimate of drug-likeness (QED) is 0.513. The molecule has 0 aromatic rings. The minimum absolute atomic E-state index is 0.0716. The number of phosphoric acid groups is 1. The van der Waals surface area contributed by atoms with Crippen LogP contribution >= 0.6 is 7.82 Å². The van der Waals surface area contributed by atoms with Gasteiger partial charge in [-0.05, 0) is 39.5 Å². The average molecular weight is 276 g/mol. The van der Waals surface area contributed by atoms with Crippen LogP contribution in [0.4, 0.5) is 0 Å². The van der Waals surface area contributed by atoms with Crippen molar-refractivity contribution in [3.63, 3.8) is 0 Å². The van der Waals surface area contributed by atoms with E-state index in [0.29, 0.717) is 19.1 Å². The van der Waals surface area contributed by atoms with E-state index in [1.54, 1.807) is 13.8 Å². The Morgan fingerprint density at radius 3 is 2.44 bits per heavy atom. The van der Waals surface area contributed by atoms with Gasteiger partial charge < -0.3 is 0 Å². The molecule has 0 saturated heterocycles. The van der Waals surface area contributed by atoms with Crippen LogP contribution < -0.4 is 0 Å². The number of rotatable bonds is 7. The van der Waals surface area contributed by atoms with Gasteiger partial charge >= 0.3 is 7.82 Å². The summed E-state index contributed by atoms with van der Waals surface area (Å²) in [6, 6.07) is 0. The Morgan fingerprint density at radius 1 is 1.22 bits per heavy atom. The summed E-state index contributed by atoms with van der Waals surface area (Å²) in [6.07, 6.45) is 8.26. The third kappa shape index (κ3) is 4.85. The molecule has 1 aliphatic carbocycles. The molecule has 0 radical (unpaired) electrons. The second kappa shape index (κ2) is 8.11. The topological polar surface area (TPSA) is 44.8 Å². The van der Waals surface area contributed by atoms with Gasteiger partial charge in [-0.3, -0.25) is 13.6 Å². The molecule has 0 amide bonds. The van der Waals surface area contributed by atoms with Gasteiger partial charge in [0, 0.05) is 5.92 Å². The number of hydrogen-bond donors (Lipinski definition) is 0. The molecule has 0 heterocycles. The first-order valence-corrected chi connectivity index (χ1v) is 8.35. The second-order valence-corrected chi connectivity index (χ2v) is 5.98. The summed E-state index contributed by atoms with van der Waals surface area (Å²) in [5.41, 5.74) is 0. The predicted octanol–water partition coefficient (Wildman–Crippen LogP) is 4.32. The molecule has 0 unspecified atom stereocenters. The van der Waals surface area contributed by atoms with Gasteiger partial charge in [0.2, 0.25) is 0 Å². The number of hydrogen-bond acceptors (Lipinski definition) is 4. The fourth-order valence-electron chi connectivity index (χ4n) is 2.16. The summed E-state index contributed by atoms with van der Waals surface area (Å²) < 4.78 is 28.5. The lowest BCUT2D eigenvalue weighted by atomic mass is 9.98. The van der Waals surface area contributed by atoms with Crippen molar-refractivity contribution in [2.45, 2.75) is 52.6 Å². The molecule has 18 heavy (non-hydrogen) atoms. The van der Waals surface area contributed by atoms with E-state index in [1.807, 2.05) is 0 Å². The van der Waals surface area contributed by atoms with Gasteiger partial charge in [0.15, 0.2) is 0 Å².